The number of anilines is 1. The standard InChI is InChI=1S/C18H20FNO4/c1-11-3-4-16(5-12(11)2)20-17(23)10-24-18-13(8-21)6-15(19)7-14(18)9-22/h3-7,21-22H,8-10H2,1-2H3,(H,20,23). The molecule has 0 atom stereocenters. The summed E-state index contributed by atoms with van der Waals surface area (Å²) >= 11 is 0. The summed E-state index contributed by atoms with van der Waals surface area (Å²) in [5.41, 5.74) is 3.18. The van der Waals surface area contributed by atoms with Crippen molar-refractivity contribution in [1.82, 2.24) is 0 Å². The first-order chi connectivity index (χ1) is 11.4. The van der Waals surface area contributed by atoms with Gasteiger partial charge in [0, 0.05) is 16.8 Å². The predicted molar refractivity (Wildman–Crippen MR) is 88.3 cm³/mol. The lowest BCUT2D eigenvalue weighted by Crippen LogP contribution is -2.21. The molecule has 0 heterocycles. The molecule has 6 heteroatoms. The lowest BCUT2D eigenvalue weighted by atomic mass is 10.1. The van der Waals surface area contributed by atoms with Crippen LogP contribution in [0.25, 0.3) is 0 Å². The molecule has 0 aliphatic rings. The van der Waals surface area contributed by atoms with E-state index >= 15 is 0 Å². The van der Waals surface area contributed by atoms with Gasteiger partial charge in [-0.1, -0.05) is 6.07 Å². The van der Waals surface area contributed by atoms with E-state index in [2.05, 4.69) is 5.32 Å². The summed E-state index contributed by atoms with van der Waals surface area (Å²) in [6, 6.07) is 7.75. The van der Waals surface area contributed by atoms with E-state index in [1.807, 2.05) is 26.0 Å². The fraction of sp³-hybridized carbons (Fsp3) is 0.278. The van der Waals surface area contributed by atoms with Crippen LogP contribution in [0.3, 0.4) is 0 Å². The number of hydrogen-bond donors (Lipinski definition) is 3. The van der Waals surface area contributed by atoms with Crippen molar-refractivity contribution in [3.63, 3.8) is 0 Å². The molecule has 0 aliphatic carbocycles. The summed E-state index contributed by atoms with van der Waals surface area (Å²) in [4.78, 5) is 12.0. The maximum Gasteiger partial charge on any atom is 0.262 e. The van der Waals surface area contributed by atoms with Gasteiger partial charge in [0.15, 0.2) is 6.61 Å². The van der Waals surface area contributed by atoms with Gasteiger partial charge in [0.1, 0.15) is 11.6 Å². The summed E-state index contributed by atoms with van der Waals surface area (Å²) in [7, 11) is 0. The Morgan fingerprint density at radius 1 is 1.08 bits per heavy atom. The third-order valence-corrected chi connectivity index (χ3v) is 3.69. The Labute approximate surface area is 139 Å². The van der Waals surface area contributed by atoms with Crippen molar-refractivity contribution in [3.8, 4) is 5.75 Å². The molecule has 24 heavy (non-hydrogen) atoms. The van der Waals surface area contributed by atoms with Crippen LogP contribution in [0.15, 0.2) is 30.3 Å². The van der Waals surface area contributed by atoms with Crippen molar-refractivity contribution < 1.29 is 24.1 Å². The normalized spacial score (nSPS) is 10.5. The second-order valence-electron chi connectivity index (χ2n) is 5.51. The van der Waals surface area contributed by atoms with Crippen LogP contribution in [-0.4, -0.2) is 22.7 Å². The number of benzene rings is 2. The monoisotopic (exact) mass is 333 g/mol. The van der Waals surface area contributed by atoms with E-state index in [1.165, 1.54) is 0 Å². The molecule has 0 unspecified atom stereocenters. The van der Waals surface area contributed by atoms with Crippen molar-refractivity contribution in [2.45, 2.75) is 27.1 Å². The number of aryl methyl sites for hydroxylation is 2. The average molecular weight is 333 g/mol. The van der Waals surface area contributed by atoms with E-state index in [1.54, 1.807) is 6.07 Å². The number of halogens is 1. The molecule has 0 saturated carbocycles. The van der Waals surface area contributed by atoms with Crippen molar-refractivity contribution in [2.24, 2.45) is 0 Å². The number of hydrogen-bond acceptors (Lipinski definition) is 4. The van der Waals surface area contributed by atoms with Gasteiger partial charge in [-0.25, -0.2) is 4.39 Å². The number of ether oxygens (including phenoxy) is 1. The lowest BCUT2D eigenvalue weighted by Gasteiger charge is -2.14. The topological polar surface area (TPSA) is 78.8 Å². The van der Waals surface area contributed by atoms with Crippen molar-refractivity contribution in [3.05, 3.63) is 58.4 Å². The van der Waals surface area contributed by atoms with Crippen LogP contribution in [-0.2, 0) is 18.0 Å². The molecular formula is C18H20FNO4. The SMILES string of the molecule is Cc1ccc(NC(=O)COc2c(CO)cc(F)cc2CO)cc1C. The van der Waals surface area contributed by atoms with Crippen LogP contribution in [0, 0.1) is 19.7 Å². The number of aliphatic hydroxyl groups is 2. The number of carbonyl (C=O) groups excluding carboxylic acids is 1. The van der Waals surface area contributed by atoms with Gasteiger partial charge in [-0.3, -0.25) is 4.79 Å². The molecule has 0 saturated heterocycles. The summed E-state index contributed by atoms with van der Waals surface area (Å²) in [5.74, 6) is -0.859. The molecule has 2 aromatic carbocycles. The molecule has 5 nitrogen and oxygen atoms in total. The third-order valence-electron chi connectivity index (χ3n) is 3.69. The molecule has 1 amide bonds. The second kappa shape index (κ2) is 7.90. The molecule has 0 spiro atoms. The fourth-order valence-corrected chi connectivity index (χ4v) is 2.29. The number of rotatable bonds is 6. The van der Waals surface area contributed by atoms with Crippen LogP contribution >= 0.6 is 0 Å². The number of carbonyl (C=O) groups is 1. The van der Waals surface area contributed by atoms with E-state index in [0.717, 1.165) is 23.3 Å². The maximum atomic E-state index is 13.4. The van der Waals surface area contributed by atoms with Gasteiger partial charge in [-0.2, -0.15) is 0 Å². The number of aliphatic hydroxyl groups excluding tert-OH is 2. The zero-order chi connectivity index (χ0) is 17.7. The highest BCUT2D eigenvalue weighted by Gasteiger charge is 2.14. The smallest absolute Gasteiger partial charge is 0.262 e. The van der Waals surface area contributed by atoms with E-state index in [9.17, 15) is 19.4 Å². The largest absolute Gasteiger partial charge is 0.483 e. The molecule has 3 N–H and O–H groups in total. The van der Waals surface area contributed by atoms with Crippen LogP contribution in [0.2, 0.25) is 0 Å². The third kappa shape index (κ3) is 4.31. The summed E-state index contributed by atoms with van der Waals surface area (Å²) in [6.45, 7) is 2.68. The summed E-state index contributed by atoms with van der Waals surface area (Å²) in [5, 5.41) is 21.3. The molecule has 0 aliphatic heterocycles. The first kappa shape index (κ1) is 17.9. The molecule has 0 radical (unpaired) electrons. The van der Waals surface area contributed by atoms with Crippen molar-refractivity contribution in [1.29, 1.82) is 0 Å². The van der Waals surface area contributed by atoms with E-state index in [0.29, 0.717) is 5.69 Å². The van der Waals surface area contributed by atoms with Crippen LogP contribution in [0.4, 0.5) is 10.1 Å². The van der Waals surface area contributed by atoms with Crippen LogP contribution in [0.1, 0.15) is 22.3 Å². The average Bonchev–Trinajstić information content (AvgIpc) is 2.56. The Balaban J connectivity index is 2.07. The predicted octanol–water partition coefficient (Wildman–Crippen LogP) is 2.44. The van der Waals surface area contributed by atoms with Gasteiger partial charge in [0.2, 0.25) is 0 Å². The van der Waals surface area contributed by atoms with Crippen LogP contribution in [0.5, 0.6) is 5.75 Å². The second-order valence-corrected chi connectivity index (χ2v) is 5.51. The molecular weight excluding hydrogens is 313 g/mol. The highest BCUT2D eigenvalue weighted by molar-refractivity contribution is 5.92. The quantitative estimate of drug-likeness (QED) is 0.759. The maximum absolute atomic E-state index is 13.4. The molecule has 0 aromatic heterocycles. The summed E-state index contributed by atoms with van der Waals surface area (Å²) < 4.78 is 18.8. The Kier molecular flexibility index (Phi) is 5.89. The Morgan fingerprint density at radius 2 is 1.71 bits per heavy atom. The molecule has 128 valence electrons. The van der Waals surface area contributed by atoms with Gasteiger partial charge < -0.3 is 20.3 Å². The Bertz CT molecular complexity index is 721. The minimum absolute atomic E-state index is 0.122. The molecule has 0 fully saturated rings. The Hall–Kier alpha value is -2.44. The highest BCUT2D eigenvalue weighted by atomic mass is 19.1. The van der Waals surface area contributed by atoms with Crippen molar-refractivity contribution in [2.75, 3.05) is 11.9 Å². The zero-order valence-electron chi connectivity index (χ0n) is 13.6. The van der Waals surface area contributed by atoms with Gasteiger partial charge in [0.05, 0.1) is 13.2 Å². The van der Waals surface area contributed by atoms with Crippen molar-refractivity contribution >= 4 is 11.6 Å². The summed E-state index contributed by atoms with van der Waals surface area (Å²) in [6.07, 6.45) is 0. The number of amides is 1. The van der Waals surface area contributed by atoms with E-state index < -0.39 is 24.9 Å². The first-order valence-corrected chi connectivity index (χ1v) is 7.47. The van der Waals surface area contributed by atoms with Gasteiger partial charge in [0.25, 0.3) is 5.91 Å². The molecule has 2 rings (SSSR count). The van der Waals surface area contributed by atoms with E-state index in [-0.39, 0.29) is 23.5 Å². The Morgan fingerprint density at radius 3 is 2.25 bits per heavy atom. The van der Waals surface area contributed by atoms with Crippen LogP contribution < -0.4 is 10.1 Å². The lowest BCUT2D eigenvalue weighted by molar-refractivity contribution is -0.118. The highest BCUT2D eigenvalue weighted by Crippen LogP contribution is 2.26. The molecule has 0 bridgehead atoms. The zero-order valence-corrected chi connectivity index (χ0v) is 13.6. The number of nitrogens with one attached hydrogen (secondary N) is 1. The molecule has 2 aromatic rings. The first-order valence-electron chi connectivity index (χ1n) is 7.47. The minimum Gasteiger partial charge on any atom is -0.483 e. The fourth-order valence-electron chi connectivity index (χ4n) is 2.29. The van der Waals surface area contributed by atoms with E-state index in [4.69, 9.17) is 4.74 Å². The minimum atomic E-state index is -0.588. The van der Waals surface area contributed by atoms with Gasteiger partial charge in [-0.05, 0) is 49.2 Å². The van der Waals surface area contributed by atoms with Gasteiger partial charge >= 0.3 is 0 Å². The van der Waals surface area contributed by atoms with Gasteiger partial charge in [-0.15, -0.1) is 0 Å².